The van der Waals surface area contributed by atoms with Crippen molar-refractivity contribution in [2.75, 3.05) is 26.2 Å². The Bertz CT molecular complexity index is 808. The van der Waals surface area contributed by atoms with Gasteiger partial charge in [-0.1, -0.05) is 37.3 Å². The highest BCUT2D eigenvalue weighted by molar-refractivity contribution is 5.87. The predicted octanol–water partition coefficient (Wildman–Crippen LogP) is 2.43. The van der Waals surface area contributed by atoms with Crippen LogP contribution in [0.4, 0.5) is 0 Å². The molecule has 1 aromatic heterocycles. The van der Waals surface area contributed by atoms with E-state index in [4.69, 9.17) is 4.74 Å². The summed E-state index contributed by atoms with van der Waals surface area (Å²) in [6.07, 6.45) is 4.41. The highest BCUT2D eigenvalue weighted by Crippen LogP contribution is 2.26. The molecule has 0 unspecified atom stereocenters. The minimum absolute atomic E-state index is 0.0453. The average molecular weight is 381 g/mol. The Balaban J connectivity index is 1.83. The first-order valence-corrected chi connectivity index (χ1v) is 9.77. The lowest BCUT2D eigenvalue weighted by Gasteiger charge is -2.41. The Kier molecular flexibility index (Phi) is 6.41. The molecule has 1 atom stereocenters. The fraction of sp³-hybridized carbons (Fsp3) is 0.409. The molecular formula is C22H27N3O3. The van der Waals surface area contributed by atoms with Crippen LogP contribution in [-0.2, 0) is 20.7 Å². The number of nitrogens with zero attached hydrogens (tertiary/aromatic N) is 2. The molecule has 28 heavy (non-hydrogen) atoms. The first-order chi connectivity index (χ1) is 13.6. The van der Waals surface area contributed by atoms with Crippen LogP contribution in [0.5, 0.6) is 0 Å². The fourth-order valence-corrected chi connectivity index (χ4v) is 3.55. The SMILES string of the molecule is CCNC(=O)[C@]1(Cc2ccc(-c3cccnc3)cc2)CN(C(=O)CC)CCO1. The third-order valence-corrected chi connectivity index (χ3v) is 5.03. The molecule has 6 heteroatoms. The Labute approximate surface area is 165 Å². The normalized spacial score (nSPS) is 19.3. The van der Waals surface area contributed by atoms with E-state index in [1.54, 1.807) is 11.1 Å². The molecule has 0 bridgehead atoms. The van der Waals surface area contributed by atoms with E-state index in [0.29, 0.717) is 32.5 Å². The Morgan fingerprint density at radius 1 is 1.18 bits per heavy atom. The predicted molar refractivity (Wildman–Crippen MR) is 108 cm³/mol. The summed E-state index contributed by atoms with van der Waals surface area (Å²) in [4.78, 5) is 31.0. The maximum Gasteiger partial charge on any atom is 0.254 e. The van der Waals surface area contributed by atoms with Crippen molar-refractivity contribution in [3.05, 3.63) is 54.4 Å². The van der Waals surface area contributed by atoms with E-state index in [-0.39, 0.29) is 18.4 Å². The molecule has 2 heterocycles. The van der Waals surface area contributed by atoms with Gasteiger partial charge in [0, 0.05) is 38.3 Å². The van der Waals surface area contributed by atoms with E-state index in [9.17, 15) is 9.59 Å². The molecular weight excluding hydrogens is 354 g/mol. The molecule has 148 valence electrons. The number of rotatable bonds is 6. The molecule has 2 amide bonds. The summed E-state index contributed by atoms with van der Waals surface area (Å²) in [7, 11) is 0. The van der Waals surface area contributed by atoms with Gasteiger partial charge in [-0.05, 0) is 29.7 Å². The number of hydrogen-bond donors (Lipinski definition) is 1. The summed E-state index contributed by atoms with van der Waals surface area (Å²) < 4.78 is 6.01. The van der Waals surface area contributed by atoms with Crippen LogP contribution in [0.15, 0.2) is 48.8 Å². The number of aromatic nitrogens is 1. The Hall–Kier alpha value is -2.73. The quantitative estimate of drug-likeness (QED) is 0.834. The number of carbonyl (C=O) groups excluding carboxylic acids is 2. The first-order valence-electron chi connectivity index (χ1n) is 9.77. The third kappa shape index (κ3) is 4.39. The first kappa shape index (κ1) is 20.0. The van der Waals surface area contributed by atoms with Crippen LogP contribution in [0.25, 0.3) is 11.1 Å². The van der Waals surface area contributed by atoms with E-state index < -0.39 is 5.60 Å². The van der Waals surface area contributed by atoms with Gasteiger partial charge in [-0.2, -0.15) is 0 Å². The Morgan fingerprint density at radius 2 is 1.96 bits per heavy atom. The molecule has 0 saturated carbocycles. The van der Waals surface area contributed by atoms with Gasteiger partial charge in [-0.3, -0.25) is 14.6 Å². The van der Waals surface area contributed by atoms with Gasteiger partial charge in [-0.25, -0.2) is 0 Å². The summed E-state index contributed by atoms with van der Waals surface area (Å²) in [5.41, 5.74) is 2.04. The maximum absolute atomic E-state index is 12.9. The number of pyridine rings is 1. The van der Waals surface area contributed by atoms with Crippen molar-refractivity contribution in [1.29, 1.82) is 0 Å². The van der Waals surface area contributed by atoms with Crippen LogP contribution >= 0.6 is 0 Å². The lowest BCUT2D eigenvalue weighted by molar-refractivity contribution is -0.165. The third-order valence-electron chi connectivity index (χ3n) is 5.03. The second-order valence-electron chi connectivity index (χ2n) is 6.99. The summed E-state index contributed by atoms with van der Waals surface area (Å²) in [6.45, 7) is 5.39. The summed E-state index contributed by atoms with van der Waals surface area (Å²) in [5, 5.41) is 2.88. The second-order valence-corrected chi connectivity index (χ2v) is 6.99. The molecule has 1 saturated heterocycles. The monoisotopic (exact) mass is 381 g/mol. The van der Waals surface area contributed by atoms with E-state index in [2.05, 4.69) is 10.3 Å². The molecule has 0 spiro atoms. The van der Waals surface area contributed by atoms with Gasteiger partial charge in [0.05, 0.1) is 13.2 Å². The van der Waals surface area contributed by atoms with Crippen molar-refractivity contribution >= 4 is 11.8 Å². The summed E-state index contributed by atoms with van der Waals surface area (Å²) in [5.74, 6) is -0.121. The molecule has 6 nitrogen and oxygen atoms in total. The van der Waals surface area contributed by atoms with Crippen LogP contribution < -0.4 is 5.32 Å². The van der Waals surface area contributed by atoms with Crippen molar-refractivity contribution in [3.63, 3.8) is 0 Å². The van der Waals surface area contributed by atoms with Gasteiger partial charge < -0.3 is 15.0 Å². The second kappa shape index (κ2) is 8.97. The van der Waals surface area contributed by atoms with Crippen molar-refractivity contribution in [2.24, 2.45) is 0 Å². The zero-order valence-corrected chi connectivity index (χ0v) is 16.5. The highest BCUT2D eigenvalue weighted by Gasteiger charge is 2.44. The van der Waals surface area contributed by atoms with Crippen LogP contribution in [0.3, 0.4) is 0 Å². The molecule has 1 aliphatic heterocycles. The van der Waals surface area contributed by atoms with Gasteiger partial charge in [0.15, 0.2) is 5.60 Å². The minimum atomic E-state index is -1.06. The maximum atomic E-state index is 12.9. The van der Waals surface area contributed by atoms with Gasteiger partial charge in [0.2, 0.25) is 5.91 Å². The van der Waals surface area contributed by atoms with Crippen LogP contribution in [0.1, 0.15) is 25.8 Å². The van der Waals surface area contributed by atoms with Crippen LogP contribution in [0.2, 0.25) is 0 Å². The molecule has 0 radical (unpaired) electrons. The number of hydrogen-bond acceptors (Lipinski definition) is 4. The fourth-order valence-electron chi connectivity index (χ4n) is 3.55. The number of morpholine rings is 1. The summed E-state index contributed by atoms with van der Waals surface area (Å²) >= 11 is 0. The summed E-state index contributed by atoms with van der Waals surface area (Å²) in [6, 6.07) is 12.0. The van der Waals surface area contributed by atoms with Gasteiger partial charge in [0.25, 0.3) is 5.91 Å². The van der Waals surface area contributed by atoms with Gasteiger partial charge in [-0.15, -0.1) is 0 Å². The smallest absolute Gasteiger partial charge is 0.254 e. The van der Waals surface area contributed by atoms with Crippen molar-refractivity contribution in [3.8, 4) is 11.1 Å². The van der Waals surface area contributed by atoms with Gasteiger partial charge >= 0.3 is 0 Å². The molecule has 2 aromatic rings. The Morgan fingerprint density at radius 3 is 2.61 bits per heavy atom. The molecule has 1 aromatic carbocycles. The number of carbonyl (C=O) groups is 2. The molecule has 3 rings (SSSR count). The average Bonchev–Trinajstić information content (AvgIpc) is 2.74. The molecule has 1 aliphatic rings. The molecule has 0 aliphatic carbocycles. The highest BCUT2D eigenvalue weighted by atomic mass is 16.5. The zero-order chi connectivity index (χ0) is 20.0. The zero-order valence-electron chi connectivity index (χ0n) is 16.5. The number of likely N-dealkylation sites (N-methyl/N-ethyl adjacent to an activating group) is 1. The number of amides is 2. The molecule has 1 fully saturated rings. The van der Waals surface area contributed by atoms with E-state index >= 15 is 0 Å². The van der Waals surface area contributed by atoms with Crippen molar-refractivity contribution in [1.82, 2.24) is 15.2 Å². The van der Waals surface area contributed by atoms with E-state index in [0.717, 1.165) is 16.7 Å². The van der Waals surface area contributed by atoms with Crippen molar-refractivity contribution in [2.45, 2.75) is 32.3 Å². The van der Waals surface area contributed by atoms with E-state index in [1.807, 2.05) is 56.4 Å². The van der Waals surface area contributed by atoms with Crippen molar-refractivity contribution < 1.29 is 14.3 Å². The lowest BCUT2D eigenvalue weighted by atomic mass is 9.90. The lowest BCUT2D eigenvalue weighted by Crippen LogP contribution is -2.62. The van der Waals surface area contributed by atoms with Gasteiger partial charge in [0.1, 0.15) is 0 Å². The number of nitrogens with one attached hydrogen (secondary N) is 1. The van der Waals surface area contributed by atoms with Crippen LogP contribution in [-0.4, -0.2) is 53.5 Å². The topological polar surface area (TPSA) is 71.5 Å². The number of ether oxygens (including phenoxy) is 1. The van der Waals surface area contributed by atoms with E-state index in [1.165, 1.54) is 0 Å². The van der Waals surface area contributed by atoms with Crippen LogP contribution in [0, 0.1) is 0 Å². The minimum Gasteiger partial charge on any atom is -0.361 e. The largest absolute Gasteiger partial charge is 0.361 e. The standard InChI is InChI=1S/C22H27N3O3/c1-3-20(26)25-12-13-28-22(16-25,21(27)24-4-2)14-17-7-9-18(10-8-17)19-6-5-11-23-15-19/h5-11,15H,3-4,12-14,16H2,1-2H3,(H,24,27)/t22-/m0/s1. The molecule has 1 N–H and O–H groups in total. The number of benzene rings is 1.